The Labute approximate surface area is 163 Å². The quantitative estimate of drug-likeness (QED) is 0.799. The summed E-state index contributed by atoms with van der Waals surface area (Å²) in [4.78, 5) is 26.1. The van der Waals surface area contributed by atoms with E-state index in [1.54, 1.807) is 0 Å². The molecule has 5 aliphatic rings. The van der Waals surface area contributed by atoms with Gasteiger partial charge < -0.3 is 10.6 Å². The third-order valence-electron chi connectivity index (χ3n) is 9.01. The molecule has 10 atom stereocenters. The second-order valence-corrected chi connectivity index (χ2v) is 10.2. The lowest BCUT2D eigenvalue weighted by molar-refractivity contribution is -0.131. The highest BCUT2D eigenvalue weighted by Crippen LogP contribution is 2.55. The Hall–Kier alpha value is -0.740. The minimum Gasteiger partial charge on any atom is -0.304 e. The lowest BCUT2D eigenvalue weighted by Crippen LogP contribution is -2.50. The number of nitrogens with one attached hydrogen (secondary N) is 2. The van der Waals surface area contributed by atoms with Crippen LogP contribution in [0.3, 0.4) is 0 Å². The van der Waals surface area contributed by atoms with Gasteiger partial charge in [0.1, 0.15) is 0 Å². The van der Waals surface area contributed by atoms with Crippen molar-refractivity contribution in [2.24, 2.45) is 35.5 Å². The normalized spacial score (nSPS) is 51.5. The summed E-state index contributed by atoms with van der Waals surface area (Å²) >= 11 is 0. The number of hydrogen-bond acceptors (Lipinski definition) is 4. The molecule has 4 heteroatoms. The van der Waals surface area contributed by atoms with Gasteiger partial charge in [-0.2, -0.15) is 0 Å². The zero-order chi connectivity index (χ0) is 18.7. The maximum atomic E-state index is 13.1. The molecule has 0 amide bonds. The second-order valence-electron chi connectivity index (χ2n) is 10.2. The number of rotatable bonds is 3. The largest absolute Gasteiger partial charge is 0.304 e. The highest BCUT2D eigenvalue weighted by molar-refractivity contribution is 5.90. The van der Waals surface area contributed by atoms with Crippen LogP contribution in [0, 0.1) is 35.5 Å². The molecule has 0 radical (unpaired) electrons. The van der Waals surface area contributed by atoms with Crippen molar-refractivity contribution in [1.29, 1.82) is 0 Å². The highest BCUT2D eigenvalue weighted by Gasteiger charge is 2.57. The van der Waals surface area contributed by atoms with E-state index in [9.17, 15) is 9.59 Å². The number of fused-ring (bicyclic) bond motifs is 6. The van der Waals surface area contributed by atoms with Gasteiger partial charge in [0.15, 0.2) is 11.6 Å². The van der Waals surface area contributed by atoms with E-state index in [0.29, 0.717) is 47.3 Å². The molecule has 3 aliphatic carbocycles. The SMILES string of the molecule is CCCC1NC2CCC3CC4C(CCC5NC(CC)C(=O)C54)CC3C2C1=O. The van der Waals surface area contributed by atoms with Crippen LogP contribution < -0.4 is 10.6 Å². The first kappa shape index (κ1) is 18.3. The summed E-state index contributed by atoms with van der Waals surface area (Å²) in [6.45, 7) is 4.31. The summed E-state index contributed by atoms with van der Waals surface area (Å²) in [7, 11) is 0. The first-order valence-corrected chi connectivity index (χ1v) is 11.7. The number of carbonyl (C=O) groups excluding carboxylic acids is 2. The molecule has 3 saturated carbocycles. The van der Waals surface area contributed by atoms with E-state index in [0.717, 1.165) is 32.1 Å². The van der Waals surface area contributed by atoms with Crippen LogP contribution in [-0.4, -0.2) is 35.7 Å². The van der Waals surface area contributed by atoms with Crippen LogP contribution in [0.1, 0.15) is 71.6 Å². The molecule has 5 rings (SSSR count). The Morgan fingerprint density at radius 3 is 1.81 bits per heavy atom. The molecule has 0 aromatic rings. The maximum Gasteiger partial charge on any atom is 0.154 e. The lowest BCUT2D eigenvalue weighted by Gasteiger charge is -2.51. The van der Waals surface area contributed by atoms with Gasteiger partial charge in [0.05, 0.1) is 12.1 Å². The van der Waals surface area contributed by atoms with E-state index in [-0.39, 0.29) is 23.9 Å². The van der Waals surface area contributed by atoms with Gasteiger partial charge in [0, 0.05) is 23.9 Å². The van der Waals surface area contributed by atoms with Crippen molar-refractivity contribution in [3.05, 3.63) is 0 Å². The van der Waals surface area contributed by atoms with E-state index in [1.165, 1.54) is 25.7 Å². The number of Topliss-reactive ketones (excluding diaryl/α,β-unsaturated/α-hetero) is 2. The first-order valence-electron chi connectivity index (χ1n) is 11.7. The van der Waals surface area contributed by atoms with Gasteiger partial charge in [0.2, 0.25) is 0 Å². The molecular weight excluding hydrogens is 336 g/mol. The van der Waals surface area contributed by atoms with Gasteiger partial charge in [-0.1, -0.05) is 20.3 Å². The molecule has 0 bridgehead atoms. The molecule has 2 saturated heterocycles. The molecule has 0 aromatic carbocycles. The van der Waals surface area contributed by atoms with Crippen molar-refractivity contribution in [2.45, 2.75) is 95.8 Å². The predicted molar refractivity (Wildman–Crippen MR) is 105 cm³/mol. The van der Waals surface area contributed by atoms with Crippen LogP contribution >= 0.6 is 0 Å². The molecule has 0 aromatic heterocycles. The average Bonchev–Trinajstić information content (AvgIpc) is 3.18. The zero-order valence-corrected chi connectivity index (χ0v) is 17.0. The summed E-state index contributed by atoms with van der Waals surface area (Å²) in [5.74, 6) is 4.05. The van der Waals surface area contributed by atoms with Crippen molar-refractivity contribution in [1.82, 2.24) is 10.6 Å². The smallest absolute Gasteiger partial charge is 0.154 e. The lowest BCUT2D eigenvalue weighted by atomic mass is 9.53. The molecule has 2 N–H and O–H groups in total. The van der Waals surface area contributed by atoms with Crippen LogP contribution in [-0.2, 0) is 9.59 Å². The second kappa shape index (κ2) is 6.95. The third kappa shape index (κ3) is 2.77. The topological polar surface area (TPSA) is 58.2 Å². The Morgan fingerprint density at radius 1 is 0.778 bits per heavy atom. The Bertz CT molecular complexity index is 619. The Balaban J connectivity index is 1.35. The molecular formula is C23H36N2O2. The summed E-state index contributed by atoms with van der Waals surface area (Å²) in [6, 6.07) is 1.08. The fourth-order valence-electron chi connectivity index (χ4n) is 7.89. The fraction of sp³-hybridized carbons (Fsp3) is 0.913. The maximum absolute atomic E-state index is 13.1. The number of hydrogen-bond donors (Lipinski definition) is 2. The van der Waals surface area contributed by atoms with Crippen LogP contribution in [0.25, 0.3) is 0 Å². The van der Waals surface area contributed by atoms with E-state index < -0.39 is 0 Å². The molecule has 10 unspecified atom stereocenters. The van der Waals surface area contributed by atoms with Crippen molar-refractivity contribution in [3.63, 3.8) is 0 Å². The van der Waals surface area contributed by atoms with Gasteiger partial charge in [-0.25, -0.2) is 0 Å². The zero-order valence-electron chi connectivity index (χ0n) is 17.0. The fourth-order valence-corrected chi connectivity index (χ4v) is 7.89. The van der Waals surface area contributed by atoms with Gasteiger partial charge in [-0.05, 0) is 75.0 Å². The Kier molecular flexibility index (Phi) is 4.71. The summed E-state index contributed by atoms with van der Waals surface area (Å²) in [6.07, 6.45) is 10.2. The highest BCUT2D eigenvalue weighted by atomic mass is 16.1. The number of carbonyl (C=O) groups is 2. The van der Waals surface area contributed by atoms with Gasteiger partial charge in [0.25, 0.3) is 0 Å². The van der Waals surface area contributed by atoms with Crippen molar-refractivity contribution < 1.29 is 9.59 Å². The first-order chi connectivity index (χ1) is 13.1. The monoisotopic (exact) mass is 372 g/mol. The minimum atomic E-state index is 0.0996. The molecule has 27 heavy (non-hydrogen) atoms. The minimum absolute atomic E-state index is 0.0996. The molecule has 2 heterocycles. The third-order valence-corrected chi connectivity index (χ3v) is 9.01. The molecule has 2 aliphatic heterocycles. The number of ketones is 2. The van der Waals surface area contributed by atoms with E-state index >= 15 is 0 Å². The van der Waals surface area contributed by atoms with Gasteiger partial charge in [-0.3, -0.25) is 9.59 Å². The summed E-state index contributed by atoms with van der Waals surface area (Å²) in [5, 5.41) is 7.34. The van der Waals surface area contributed by atoms with Gasteiger partial charge >= 0.3 is 0 Å². The van der Waals surface area contributed by atoms with E-state index in [4.69, 9.17) is 0 Å². The van der Waals surface area contributed by atoms with Crippen LogP contribution in [0.2, 0.25) is 0 Å². The van der Waals surface area contributed by atoms with Crippen molar-refractivity contribution >= 4 is 11.6 Å². The summed E-state index contributed by atoms with van der Waals surface area (Å²) in [5.41, 5.74) is 0. The van der Waals surface area contributed by atoms with Crippen LogP contribution in [0.5, 0.6) is 0 Å². The average molecular weight is 373 g/mol. The molecule has 4 nitrogen and oxygen atoms in total. The van der Waals surface area contributed by atoms with E-state index in [1.807, 2.05) is 0 Å². The van der Waals surface area contributed by atoms with Crippen molar-refractivity contribution in [2.75, 3.05) is 0 Å². The van der Waals surface area contributed by atoms with Crippen molar-refractivity contribution in [3.8, 4) is 0 Å². The predicted octanol–water partition coefficient (Wildman–Crippen LogP) is 3.09. The van der Waals surface area contributed by atoms with Crippen LogP contribution in [0.4, 0.5) is 0 Å². The van der Waals surface area contributed by atoms with Gasteiger partial charge in [-0.15, -0.1) is 0 Å². The summed E-state index contributed by atoms with van der Waals surface area (Å²) < 4.78 is 0. The molecule has 0 spiro atoms. The standard InChI is InChI=1S/C23H36N2O2/c1-3-5-19-23(27)21-15-11-12-6-8-17-20(22(26)16(4-2)24-17)14(12)10-13(15)7-9-18(21)25-19/h12-21,24-25H,3-11H2,1-2H3. The molecule has 5 fully saturated rings. The van der Waals surface area contributed by atoms with E-state index in [2.05, 4.69) is 24.5 Å². The molecule has 150 valence electrons. The van der Waals surface area contributed by atoms with Crippen LogP contribution in [0.15, 0.2) is 0 Å². The Morgan fingerprint density at radius 2 is 1.30 bits per heavy atom.